The van der Waals surface area contributed by atoms with Crippen LogP contribution in [-0.2, 0) is 16.6 Å². The van der Waals surface area contributed by atoms with E-state index in [0.29, 0.717) is 31.2 Å². The highest BCUT2D eigenvalue weighted by molar-refractivity contribution is 7.80. The van der Waals surface area contributed by atoms with Crippen molar-refractivity contribution in [3.8, 4) is 5.75 Å². The van der Waals surface area contributed by atoms with Crippen LogP contribution in [-0.4, -0.2) is 57.2 Å². The third-order valence-electron chi connectivity index (χ3n) is 8.26. The summed E-state index contributed by atoms with van der Waals surface area (Å²) in [5, 5.41) is 23.3. The van der Waals surface area contributed by atoms with E-state index in [0.717, 1.165) is 41.0 Å². The van der Waals surface area contributed by atoms with E-state index in [4.69, 9.17) is 18.0 Å². The van der Waals surface area contributed by atoms with E-state index in [-0.39, 0.29) is 27.3 Å². The van der Waals surface area contributed by atoms with Gasteiger partial charge in [-0.3, -0.25) is 4.79 Å². The van der Waals surface area contributed by atoms with E-state index in [1.807, 2.05) is 6.07 Å². The Kier molecular flexibility index (Phi) is 4.61. The van der Waals surface area contributed by atoms with Gasteiger partial charge < -0.3 is 25.1 Å². The number of carbonyl (C=O) groups excluding carboxylic acids is 1. The molecule has 0 aromatic heterocycles. The number of hydrogen-bond acceptors (Lipinski definition) is 4. The standard InChI is InChI=1S/C22H28N2O3S.FH/c1-24(12-13-2-3-13)9-8-21-11-15(25)6-7-22(21,27)17(24)10-14-4-5-16(20(23)28)19(26)18(14)21;/h4-5,13,17,27H,2-3,6-12H2,1H3,(H2-,23,26,28);1H/t17-,21-,22-,24?;/m1./s1. The van der Waals surface area contributed by atoms with Crippen LogP contribution in [0.3, 0.4) is 0 Å². The lowest BCUT2D eigenvalue weighted by Gasteiger charge is -2.65. The molecular weight excluding hydrogens is 391 g/mol. The Morgan fingerprint density at radius 1 is 1.34 bits per heavy atom. The molecule has 1 heterocycles. The van der Waals surface area contributed by atoms with E-state index in [1.165, 1.54) is 12.8 Å². The molecule has 3 aliphatic carbocycles. The number of carbonyl (C=O) groups is 1. The van der Waals surface area contributed by atoms with E-state index >= 15 is 0 Å². The Morgan fingerprint density at radius 2 is 2.07 bits per heavy atom. The van der Waals surface area contributed by atoms with Gasteiger partial charge in [0.2, 0.25) is 0 Å². The topological polar surface area (TPSA) is 83.5 Å². The van der Waals surface area contributed by atoms with Crippen LogP contribution >= 0.6 is 12.2 Å². The maximum absolute atomic E-state index is 12.6. The van der Waals surface area contributed by atoms with E-state index in [2.05, 4.69) is 7.05 Å². The van der Waals surface area contributed by atoms with Gasteiger partial charge in [-0.15, -0.1) is 0 Å². The number of hydrogen-bond donors (Lipinski definition) is 3. The summed E-state index contributed by atoms with van der Waals surface area (Å²) < 4.78 is 0.869. The molecule has 0 spiro atoms. The number of likely N-dealkylation sites (tertiary alicyclic amines) is 1. The number of nitrogens with zero attached hydrogens (tertiary/aromatic N) is 1. The first-order valence-corrected chi connectivity index (χ1v) is 10.8. The number of thiocarbonyl (C=S) groups is 1. The van der Waals surface area contributed by atoms with Gasteiger partial charge in [0.15, 0.2) is 0 Å². The number of phenols is 1. The number of benzene rings is 1. The second-order valence-electron chi connectivity index (χ2n) is 9.88. The normalized spacial score (nSPS) is 37.9. The Bertz CT molecular complexity index is 904. The molecule has 29 heavy (non-hydrogen) atoms. The zero-order chi connectivity index (χ0) is 19.9. The smallest absolute Gasteiger partial charge is 0.134 e. The third-order valence-corrected chi connectivity index (χ3v) is 8.48. The van der Waals surface area contributed by atoms with Crippen molar-refractivity contribution in [3.05, 3.63) is 28.8 Å². The molecule has 4 aliphatic rings. The van der Waals surface area contributed by atoms with Gasteiger partial charge in [-0.2, -0.15) is 0 Å². The number of rotatable bonds is 3. The predicted octanol–water partition coefficient (Wildman–Crippen LogP) is -1.06. The molecule has 158 valence electrons. The van der Waals surface area contributed by atoms with E-state index in [1.54, 1.807) is 6.07 Å². The first-order valence-electron chi connectivity index (χ1n) is 10.4. The minimum atomic E-state index is -0.984. The number of piperidine rings is 1. The van der Waals surface area contributed by atoms with Crippen LogP contribution in [0, 0.1) is 5.92 Å². The van der Waals surface area contributed by atoms with Crippen LogP contribution in [0.2, 0.25) is 0 Å². The summed E-state index contributed by atoms with van der Waals surface area (Å²) in [4.78, 5) is 12.7. The summed E-state index contributed by atoms with van der Waals surface area (Å²) in [7, 11) is 2.29. The predicted molar refractivity (Wildman–Crippen MR) is 110 cm³/mol. The highest BCUT2D eigenvalue weighted by Gasteiger charge is 2.70. The lowest BCUT2D eigenvalue weighted by atomic mass is 9.48. The van der Waals surface area contributed by atoms with Gasteiger partial charge in [-0.1, -0.05) is 18.3 Å². The van der Waals surface area contributed by atoms with Crippen molar-refractivity contribution < 1.29 is 24.2 Å². The summed E-state index contributed by atoms with van der Waals surface area (Å²) in [6, 6.07) is 3.85. The van der Waals surface area contributed by atoms with Crippen molar-refractivity contribution in [1.29, 1.82) is 0 Å². The van der Waals surface area contributed by atoms with Gasteiger partial charge >= 0.3 is 0 Å². The van der Waals surface area contributed by atoms with Crippen LogP contribution in [0.4, 0.5) is 0 Å². The molecule has 3 fully saturated rings. The van der Waals surface area contributed by atoms with Crippen molar-refractivity contribution in [1.82, 2.24) is 0 Å². The van der Waals surface area contributed by atoms with Crippen LogP contribution in [0.5, 0.6) is 5.75 Å². The molecule has 7 heteroatoms. The monoisotopic (exact) mass is 420 g/mol. The molecule has 2 saturated carbocycles. The molecule has 2 bridgehead atoms. The summed E-state index contributed by atoms with van der Waals surface area (Å²) in [6.07, 6.45) is 5.19. The molecule has 4 atom stereocenters. The molecule has 0 radical (unpaired) electrons. The molecule has 1 aromatic rings. The number of aromatic hydroxyl groups is 1. The molecule has 1 saturated heterocycles. The summed E-state index contributed by atoms with van der Waals surface area (Å²) in [5.41, 5.74) is 6.36. The molecular formula is C22H29FN2O3S. The zero-order valence-electron chi connectivity index (χ0n) is 16.8. The van der Waals surface area contributed by atoms with E-state index in [9.17, 15) is 15.0 Å². The van der Waals surface area contributed by atoms with Crippen LogP contribution in [0.25, 0.3) is 0 Å². The Labute approximate surface area is 175 Å². The van der Waals surface area contributed by atoms with Crippen molar-refractivity contribution in [2.24, 2.45) is 11.7 Å². The van der Waals surface area contributed by atoms with E-state index < -0.39 is 11.0 Å². The van der Waals surface area contributed by atoms with Crippen molar-refractivity contribution in [2.75, 3.05) is 20.1 Å². The van der Waals surface area contributed by atoms with Gasteiger partial charge in [-0.25, -0.2) is 0 Å². The minimum absolute atomic E-state index is 0. The van der Waals surface area contributed by atoms with Gasteiger partial charge in [0.25, 0.3) is 0 Å². The fourth-order valence-electron chi connectivity index (χ4n) is 6.73. The second-order valence-corrected chi connectivity index (χ2v) is 10.3. The van der Waals surface area contributed by atoms with Gasteiger partial charge in [0, 0.05) is 42.6 Å². The average Bonchev–Trinajstić information content (AvgIpc) is 3.43. The lowest BCUT2D eigenvalue weighted by Crippen LogP contribution is -3.00. The number of phenolic OH excluding ortho intramolecular Hbond substituents is 1. The first kappa shape index (κ1) is 20.7. The third kappa shape index (κ3) is 2.70. The number of likely N-dealkylation sites (N-methyl/N-ethyl adjacent to an activating group) is 1. The number of fused-ring (bicyclic) bond motifs is 1. The molecule has 1 aromatic carbocycles. The Hall–Kier alpha value is -1.57. The molecule has 1 aliphatic heterocycles. The molecule has 4 N–H and O–H groups in total. The number of halogens is 1. The molecule has 0 amide bonds. The fourth-order valence-corrected chi connectivity index (χ4v) is 6.89. The average molecular weight is 421 g/mol. The summed E-state index contributed by atoms with van der Waals surface area (Å²) >= 11 is 5.14. The second kappa shape index (κ2) is 6.46. The Morgan fingerprint density at radius 3 is 2.72 bits per heavy atom. The Balaban J connectivity index is 0.00000205. The van der Waals surface area contributed by atoms with Crippen LogP contribution in [0.1, 0.15) is 55.2 Å². The molecule has 5 rings (SSSR count). The number of ketones is 1. The highest BCUT2D eigenvalue weighted by Crippen LogP contribution is 2.61. The van der Waals surface area contributed by atoms with Gasteiger partial charge in [0.05, 0.1) is 25.7 Å². The molecule has 5 nitrogen and oxygen atoms in total. The number of aliphatic hydroxyl groups is 1. The molecule has 1 unspecified atom stereocenters. The van der Waals surface area contributed by atoms with Crippen LogP contribution in [0.15, 0.2) is 12.1 Å². The zero-order valence-corrected chi connectivity index (χ0v) is 17.6. The highest BCUT2D eigenvalue weighted by atomic mass is 32.1. The van der Waals surface area contributed by atoms with Gasteiger partial charge in [0.1, 0.15) is 28.2 Å². The largest absolute Gasteiger partial charge is 1.00 e. The summed E-state index contributed by atoms with van der Waals surface area (Å²) in [5.74, 6) is 1.02. The number of Topliss-reactive ketones (excluding diaryl/α,β-unsaturated/α-hetero) is 1. The maximum Gasteiger partial charge on any atom is 0.134 e. The first-order chi connectivity index (χ1) is 13.2. The quantitative estimate of drug-likeness (QED) is 0.429. The summed E-state index contributed by atoms with van der Waals surface area (Å²) in [6.45, 7) is 2.02. The maximum atomic E-state index is 12.6. The lowest BCUT2D eigenvalue weighted by molar-refractivity contribution is -0.950. The minimum Gasteiger partial charge on any atom is -1.00 e. The van der Waals surface area contributed by atoms with Crippen molar-refractivity contribution in [2.45, 2.75) is 62.0 Å². The fraction of sp³-hybridized carbons (Fsp3) is 0.636. The van der Waals surface area contributed by atoms with Crippen LogP contribution < -0.4 is 10.4 Å². The number of nitrogens with two attached hydrogens (primary N) is 1. The van der Waals surface area contributed by atoms with Crippen molar-refractivity contribution >= 4 is 23.0 Å². The number of quaternary nitrogens is 1. The SMILES string of the molecule is C[N+]1(CC2CC2)CC[C@]23CC(=O)CC[C@@]2(O)[C@H]1Cc1ccc(C(N)=S)c(O)c13.[F-]. The van der Waals surface area contributed by atoms with Gasteiger partial charge in [-0.05, 0) is 30.9 Å². The van der Waals surface area contributed by atoms with Crippen molar-refractivity contribution in [3.63, 3.8) is 0 Å².